The monoisotopic (exact) mass is 159 g/mol. The average molecular weight is 159 g/mol. The van der Waals surface area contributed by atoms with Crippen molar-refractivity contribution in [2.45, 2.75) is 18.6 Å². The van der Waals surface area contributed by atoms with Gasteiger partial charge in [-0.2, -0.15) is 7.05 Å². The Morgan fingerprint density at radius 2 is 2.27 bits per heavy atom. The van der Waals surface area contributed by atoms with E-state index < -0.39 is 0 Å². The second kappa shape index (κ2) is 4.04. The van der Waals surface area contributed by atoms with Gasteiger partial charge in [-0.25, -0.2) is 0 Å². The van der Waals surface area contributed by atoms with Gasteiger partial charge >= 0.3 is 0 Å². The summed E-state index contributed by atoms with van der Waals surface area (Å²) in [5.74, 6) is 0. The Bertz CT molecular complexity index is 119. The summed E-state index contributed by atoms with van der Waals surface area (Å²) in [5.41, 5.74) is 0. The summed E-state index contributed by atoms with van der Waals surface area (Å²) in [4.78, 5) is 1.28. The van der Waals surface area contributed by atoms with Crippen molar-refractivity contribution in [2.24, 2.45) is 0 Å². The third kappa shape index (κ3) is 2.15. The van der Waals surface area contributed by atoms with Crippen molar-refractivity contribution in [3.8, 4) is 0 Å². The minimum Gasteiger partial charge on any atom is -0.461 e. The van der Waals surface area contributed by atoms with Crippen LogP contribution in [0.25, 0.3) is 0 Å². The number of nitrogens with one attached hydrogen (secondary N) is 1. The van der Waals surface area contributed by atoms with E-state index in [4.69, 9.17) is 9.47 Å². The van der Waals surface area contributed by atoms with Crippen LogP contribution in [-0.4, -0.2) is 39.5 Å². The Kier molecular flexibility index (Phi) is 3.30. The van der Waals surface area contributed by atoms with Gasteiger partial charge in [-0.1, -0.05) is 0 Å². The first-order chi connectivity index (χ1) is 5.27. The Labute approximate surface area is 68.3 Å². The summed E-state index contributed by atoms with van der Waals surface area (Å²) >= 11 is 0. The molecule has 3 atom stereocenters. The molecule has 0 saturated carbocycles. The van der Waals surface area contributed by atoms with E-state index in [2.05, 4.69) is 7.05 Å². The zero-order valence-electron chi connectivity index (χ0n) is 7.30. The molecule has 1 heterocycles. The van der Waals surface area contributed by atoms with Gasteiger partial charge in [-0.15, -0.1) is 0 Å². The molecule has 0 amide bonds. The largest absolute Gasteiger partial charge is 0.461 e. The Balaban J connectivity index is 2.32. The molecule has 1 aliphatic rings. The van der Waals surface area contributed by atoms with Crippen molar-refractivity contribution in [2.75, 3.05) is 27.4 Å². The molecular formula is C8H17NO2. The molecule has 1 N–H and O–H groups in total. The lowest BCUT2D eigenvalue weighted by atomic mass is 10.2. The van der Waals surface area contributed by atoms with Crippen molar-refractivity contribution < 1.29 is 14.4 Å². The SMILES string of the molecule is [CH2-][NH+]1C[C@H](OC)C[C@H]1COC. The molecule has 66 valence electrons. The molecule has 3 heteroatoms. The molecule has 0 bridgehead atoms. The van der Waals surface area contributed by atoms with Gasteiger partial charge in [0.05, 0.1) is 19.2 Å². The van der Waals surface area contributed by atoms with Gasteiger partial charge in [0.15, 0.2) is 0 Å². The van der Waals surface area contributed by atoms with Crippen LogP contribution < -0.4 is 4.90 Å². The van der Waals surface area contributed by atoms with Crippen LogP contribution in [0.4, 0.5) is 0 Å². The second-order valence-corrected chi connectivity index (χ2v) is 3.11. The highest BCUT2D eigenvalue weighted by molar-refractivity contribution is 4.70. The number of hydrogen-bond donors (Lipinski definition) is 1. The van der Waals surface area contributed by atoms with E-state index in [1.165, 1.54) is 4.90 Å². The van der Waals surface area contributed by atoms with Crippen LogP contribution in [-0.2, 0) is 9.47 Å². The molecule has 0 aromatic carbocycles. The highest BCUT2D eigenvalue weighted by Crippen LogP contribution is 2.04. The molecule has 0 radical (unpaired) electrons. The predicted octanol–water partition coefficient (Wildman–Crippen LogP) is -0.903. The quantitative estimate of drug-likeness (QED) is 0.539. The van der Waals surface area contributed by atoms with Gasteiger partial charge in [-0.3, -0.25) is 0 Å². The molecule has 1 rings (SSSR count). The summed E-state index contributed by atoms with van der Waals surface area (Å²) in [6.07, 6.45) is 1.45. The molecule has 1 saturated heterocycles. The van der Waals surface area contributed by atoms with Crippen molar-refractivity contribution >= 4 is 0 Å². The van der Waals surface area contributed by atoms with Crippen LogP contribution in [0.15, 0.2) is 0 Å². The number of likely N-dealkylation sites (tertiary alicyclic amines) is 1. The van der Waals surface area contributed by atoms with Gasteiger partial charge < -0.3 is 14.4 Å². The second-order valence-electron chi connectivity index (χ2n) is 3.11. The van der Waals surface area contributed by atoms with E-state index in [-0.39, 0.29) is 0 Å². The fourth-order valence-corrected chi connectivity index (χ4v) is 1.59. The molecule has 3 nitrogen and oxygen atoms in total. The van der Waals surface area contributed by atoms with Crippen molar-refractivity contribution in [1.82, 2.24) is 0 Å². The van der Waals surface area contributed by atoms with Crippen LogP contribution in [0.3, 0.4) is 0 Å². The number of hydrogen-bond acceptors (Lipinski definition) is 2. The van der Waals surface area contributed by atoms with Gasteiger partial charge in [0.1, 0.15) is 6.10 Å². The summed E-state index contributed by atoms with van der Waals surface area (Å²) in [6.45, 7) is 1.79. The molecule has 1 unspecified atom stereocenters. The van der Waals surface area contributed by atoms with Gasteiger partial charge in [0.2, 0.25) is 0 Å². The minimum absolute atomic E-state index is 0.377. The molecule has 1 fully saturated rings. The van der Waals surface area contributed by atoms with Gasteiger partial charge in [0.25, 0.3) is 0 Å². The maximum Gasteiger partial charge on any atom is 0.109 e. The van der Waals surface area contributed by atoms with E-state index in [0.29, 0.717) is 12.1 Å². The normalized spacial score (nSPS) is 37.9. The van der Waals surface area contributed by atoms with Crippen LogP contribution in [0.2, 0.25) is 0 Å². The Morgan fingerprint density at radius 3 is 2.73 bits per heavy atom. The Morgan fingerprint density at radius 1 is 1.55 bits per heavy atom. The molecule has 11 heavy (non-hydrogen) atoms. The lowest BCUT2D eigenvalue weighted by Gasteiger charge is -2.21. The molecular weight excluding hydrogens is 142 g/mol. The summed E-state index contributed by atoms with van der Waals surface area (Å²) in [5, 5.41) is 0. The van der Waals surface area contributed by atoms with Gasteiger partial charge in [0, 0.05) is 20.6 Å². The lowest BCUT2D eigenvalue weighted by Crippen LogP contribution is -3.09. The number of methoxy groups -OCH3 is 2. The first-order valence-electron chi connectivity index (χ1n) is 3.97. The van der Waals surface area contributed by atoms with Crippen LogP contribution in [0.5, 0.6) is 0 Å². The van der Waals surface area contributed by atoms with Crippen LogP contribution in [0.1, 0.15) is 6.42 Å². The van der Waals surface area contributed by atoms with E-state index in [9.17, 15) is 0 Å². The van der Waals surface area contributed by atoms with Crippen LogP contribution >= 0.6 is 0 Å². The summed E-state index contributed by atoms with van der Waals surface area (Å²) in [6, 6.07) is 0.518. The highest BCUT2D eigenvalue weighted by atomic mass is 16.5. The maximum atomic E-state index is 5.24. The Hall–Kier alpha value is -0.120. The van der Waals surface area contributed by atoms with E-state index in [1.54, 1.807) is 14.2 Å². The first kappa shape index (κ1) is 8.97. The maximum absolute atomic E-state index is 5.24. The van der Waals surface area contributed by atoms with Crippen molar-refractivity contribution in [3.63, 3.8) is 0 Å². The molecule has 0 aromatic rings. The van der Waals surface area contributed by atoms with E-state index in [1.807, 2.05) is 0 Å². The molecule has 0 aromatic heterocycles. The topological polar surface area (TPSA) is 22.9 Å². The minimum atomic E-state index is 0.377. The smallest absolute Gasteiger partial charge is 0.109 e. The lowest BCUT2D eigenvalue weighted by molar-refractivity contribution is -0.868. The number of quaternary nitrogens is 1. The first-order valence-corrected chi connectivity index (χ1v) is 3.97. The molecule has 0 aliphatic carbocycles. The third-order valence-corrected chi connectivity index (χ3v) is 2.32. The van der Waals surface area contributed by atoms with Gasteiger partial charge in [-0.05, 0) is 0 Å². The van der Waals surface area contributed by atoms with E-state index in [0.717, 1.165) is 19.6 Å². The van der Waals surface area contributed by atoms with Crippen molar-refractivity contribution in [1.29, 1.82) is 0 Å². The van der Waals surface area contributed by atoms with E-state index >= 15 is 0 Å². The molecule has 0 spiro atoms. The molecule has 1 aliphatic heterocycles. The summed E-state index contributed by atoms with van der Waals surface area (Å²) < 4.78 is 10.3. The zero-order chi connectivity index (χ0) is 8.27. The standard InChI is InChI=1S/C8H17NO2/c1-9-5-8(11-3)4-7(9)6-10-2/h7-9H,1,4-6H2,2-3H3/t7-,8+/m0/s1. The van der Waals surface area contributed by atoms with Crippen molar-refractivity contribution in [3.05, 3.63) is 7.05 Å². The summed E-state index contributed by atoms with van der Waals surface area (Å²) in [7, 11) is 7.48. The fraction of sp³-hybridized carbons (Fsp3) is 0.875. The number of ether oxygens (including phenoxy) is 2. The zero-order valence-corrected chi connectivity index (χ0v) is 7.30. The highest BCUT2D eigenvalue weighted by Gasteiger charge is 2.29. The number of rotatable bonds is 3. The third-order valence-electron chi connectivity index (χ3n) is 2.32. The average Bonchev–Trinajstić information content (AvgIpc) is 2.33. The predicted molar refractivity (Wildman–Crippen MR) is 42.3 cm³/mol. The van der Waals surface area contributed by atoms with Crippen LogP contribution in [0, 0.1) is 7.05 Å². The fourth-order valence-electron chi connectivity index (χ4n) is 1.59.